The topological polar surface area (TPSA) is 74.1 Å². The maximum atomic E-state index is 9.28. The average Bonchev–Trinajstić information content (AvgIpc) is 2.82. The molecule has 0 atom stereocenters. The highest BCUT2D eigenvalue weighted by Gasteiger charge is 2.41. The van der Waals surface area contributed by atoms with E-state index in [1.54, 1.807) is 0 Å². The molecule has 1 aliphatic carbocycles. The van der Waals surface area contributed by atoms with Gasteiger partial charge in [0.2, 0.25) is 0 Å². The number of aryl methyl sites for hydroxylation is 1. The molecule has 19 heavy (non-hydrogen) atoms. The van der Waals surface area contributed by atoms with Crippen LogP contribution in [-0.4, -0.2) is 28.5 Å². The SMILES string of the molecule is Cc1ccc(-c2[nH]ncc2CNCC2(CO)CC2)o1. The Hall–Kier alpha value is -1.59. The number of furan rings is 1. The van der Waals surface area contributed by atoms with Crippen LogP contribution in [-0.2, 0) is 6.54 Å². The zero-order valence-corrected chi connectivity index (χ0v) is 11.1. The second kappa shape index (κ2) is 4.83. The minimum absolute atomic E-state index is 0.130. The number of aromatic nitrogens is 2. The van der Waals surface area contributed by atoms with Crippen molar-refractivity contribution in [1.29, 1.82) is 0 Å². The van der Waals surface area contributed by atoms with Gasteiger partial charge in [-0.2, -0.15) is 5.10 Å². The van der Waals surface area contributed by atoms with Crippen LogP contribution in [0, 0.1) is 12.3 Å². The van der Waals surface area contributed by atoms with Gasteiger partial charge in [0.05, 0.1) is 6.20 Å². The summed E-state index contributed by atoms with van der Waals surface area (Å²) in [6, 6.07) is 3.89. The summed E-state index contributed by atoms with van der Waals surface area (Å²) in [5.41, 5.74) is 2.14. The summed E-state index contributed by atoms with van der Waals surface area (Å²) in [4.78, 5) is 0. The van der Waals surface area contributed by atoms with Gasteiger partial charge in [0.1, 0.15) is 11.5 Å². The monoisotopic (exact) mass is 261 g/mol. The van der Waals surface area contributed by atoms with Crippen LogP contribution >= 0.6 is 0 Å². The van der Waals surface area contributed by atoms with Crippen molar-refractivity contribution in [2.75, 3.05) is 13.2 Å². The van der Waals surface area contributed by atoms with Crippen LogP contribution < -0.4 is 5.32 Å². The van der Waals surface area contributed by atoms with Crippen LogP contribution in [0.25, 0.3) is 11.5 Å². The molecule has 0 saturated heterocycles. The first-order valence-electron chi connectivity index (χ1n) is 6.63. The van der Waals surface area contributed by atoms with E-state index in [4.69, 9.17) is 4.42 Å². The van der Waals surface area contributed by atoms with Gasteiger partial charge >= 0.3 is 0 Å². The van der Waals surface area contributed by atoms with E-state index in [0.29, 0.717) is 0 Å². The van der Waals surface area contributed by atoms with Gasteiger partial charge in [-0.3, -0.25) is 5.10 Å². The van der Waals surface area contributed by atoms with E-state index in [2.05, 4.69) is 15.5 Å². The van der Waals surface area contributed by atoms with Crippen molar-refractivity contribution in [2.45, 2.75) is 26.3 Å². The molecule has 2 heterocycles. The summed E-state index contributed by atoms with van der Waals surface area (Å²) in [6.07, 6.45) is 4.05. The third-order valence-corrected chi connectivity index (χ3v) is 3.81. The molecule has 3 rings (SSSR count). The number of rotatable bonds is 6. The Morgan fingerprint density at radius 3 is 2.95 bits per heavy atom. The highest BCUT2D eigenvalue weighted by Crippen LogP contribution is 2.44. The smallest absolute Gasteiger partial charge is 0.152 e. The van der Waals surface area contributed by atoms with Gasteiger partial charge in [-0.05, 0) is 31.9 Å². The molecule has 3 N–H and O–H groups in total. The normalized spacial score (nSPS) is 16.7. The summed E-state index contributed by atoms with van der Waals surface area (Å²) < 4.78 is 5.61. The molecule has 2 aromatic rings. The van der Waals surface area contributed by atoms with Crippen LogP contribution in [0.15, 0.2) is 22.7 Å². The summed E-state index contributed by atoms with van der Waals surface area (Å²) in [6.45, 7) is 3.78. The number of H-pyrrole nitrogens is 1. The minimum atomic E-state index is 0.130. The predicted molar refractivity (Wildman–Crippen MR) is 71.5 cm³/mol. The van der Waals surface area contributed by atoms with Crippen LogP contribution in [0.5, 0.6) is 0 Å². The quantitative estimate of drug-likeness (QED) is 0.741. The van der Waals surface area contributed by atoms with Crippen LogP contribution in [0.3, 0.4) is 0 Å². The molecule has 0 aliphatic heterocycles. The first kappa shape index (κ1) is 12.4. The fraction of sp³-hybridized carbons (Fsp3) is 0.500. The van der Waals surface area contributed by atoms with Crippen LogP contribution in [0.2, 0.25) is 0 Å². The molecule has 102 valence electrons. The number of nitrogens with one attached hydrogen (secondary N) is 2. The fourth-order valence-corrected chi connectivity index (χ4v) is 2.26. The molecule has 0 spiro atoms. The summed E-state index contributed by atoms with van der Waals surface area (Å²) in [7, 11) is 0. The molecule has 1 saturated carbocycles. The van der Waals surface area contributed by atoms with E-state index in [1.165, 1.54) is 0 Å². The Balaban J connectivity index is 1.64. The molecular weight excluding hydrogens is 242 g/mol. The number of nitrogens with zero attached hydrogens (tertiary/aromatic N) is 1. The highest BCUT2D eigenvalue weighted by molar-refractivity contribution is 5.56. The van der Waals surface area contributed by atoms with Crippen LogP contribution in [0.4, 0.5) is 0 Å². The lowest BCUT2D eigenvalue weighted by atomic mass is 10.1. The summed E-state index contributed by atoms with van der Waals surface area (Å²) in [5.74, 6) is 1.70. The lowest BCUT2D eigenvalue weighted by Crippen LogP contribution is -2.26. The van der Waals surface area contributed by atoms with E-state index in [1.807, 2.05) is 25.3 Å². The Kier molecular flexibility index (Phi) is 3.16. The highest BCUT2D eigenvalue weighted by atomic mass is 16.3. The van der Waals surface area contributed by atoms with Gasteiger partial charge < -0.3 is 14.8 Å². The van der Waals surface area contributed by atoms with Crippen molar-refractivity contribution in [2.24, 2.45) is 5.41 Å². The lowest BCUT2D eigenvalue weighted by Gasteiger charge is -2.12. The maximum absolute atomic E-state index is 9.28. The molecule has 0 radical (unpaired) electrons. The standard InChI is InChI=1S/C14H19N3O2/c1-10-2-3-12(19-10)13-11(7-16-17-13)6-15-8-14(9-18)4-5-14/h2-3,7,15,18H,4-6,8-9H2,1H3,(H,16,17). The van der Waals surface area contributed by atoms with Crippen LogP contribution in [0.1, 0.15) is 24.2 Å². The maximum Gasteiger partial charge on any atom is 0.152 e. The van der Waals surface area contributed by atoms with Crippen molar-refractivity contribution < 1.29 is 9.52 Å². The van der Waals surface area contributed by atoms with Gasteiger partial charge in [0, 0.05) is 30.7 Å². The molecule has 0 bridgehead atoms. The van der Waals surface area contributed by atoms with E-state index in [9.17, 15) is 5.11 Å². The Morgan fingerprint density at radius 2 is 2.32 bits per heavy atom. The van der Waals surface area contributed by atoms with Gasteiger partial charge in [-0.1, -0.05) is 0 Å². The molecular formula is C14H19N3O2. The summed E-state index contributed by atoms with van der Waals surface area (Å²) in [5, 5.41) is 19.7. The first-order chi connectivity index (χ1) is 9.22. The van der Waals surface area contributed by atoms with Gasteiger partial charge in [-0.15, -0.1) is 0 Å². The molecule has 0 aromatic carbocycles. The molecule has 5 nitrogen and oxygen atoms in total. The third-order valence-electron chi connectivity index (χ3n) is 3.81. The molecule has 1 fully saturated rings. The van der Waals surface area contributed by atoms with Crippen molar-refractivity contribution in [1.82, 2.24) is 15.5 Å². The fourth-order valence-electron chi connectivity index (χ4n) is 2.26. The first-order valence-corrected chi connectivity index (χ1v) is 6.63. The van der Waals surface area contributed by atoms with Gasteiger partial charge in [0.15, 0.2) is 5.76 Å². The number of hydrogen-bond acceptors (Lipinski definition) is 4. The summed E-state index contributed by atoms with van der Waals surface area (Å²) >= 11 is 0. The number of aliphatic hydroxyl groups excluding tert-OH is 1. The van der Waals surface area contributed by atoms with E-state index in [-0.39, 0.29) is 12.0 Å². The zero-order valence-electron chi connectivity index (χ0n) is 11.1. The predicted octanol–water partition coefficient (Wildman–Crippen LogP) is 1.84. The second-order valence-electron chi connectivity index (χ2n) is 5.44. The van der Waals surface area contributed by atoms with Gasteiger partial charge in [-0.25, -0.2) is 0 Å². The van der Waals surface area contributed by atoms with Crippen molar-refractivity contribution in [3.8, 4) is 11.5 Å². The van der Waals surface area contributed by atoms with Crippen molar-refractivity contribution >= 4 is 0 Å². The molecule has 2 aromatic heterocycles. The Labute approximate surface area is 112 Å². The minimum Gasteiger partial charge on any atom is -0.460 e. The zero-order chi connectivity index (χ0) is 13.3. The van der Waals surface area contributed by atoms with E-state index >= 15 is 0 Å². The molecule has 0 amide bonds. The number of hydrogen-bond donors (Lipinski definition) is 3. The van der Waals surface area contributed by atoms with E-state index < -0.39 is 0 Å². The molecule has 5 heteroatoms. The number of aromatic amines is 1. The number of aliphatic hydroxyl groups is 1. The average molecular weight is 261 g/mol. The second-order valence-corrected chi connectivity index (χ2v) is 5.44. The van der Waals surface area contributed by atoms with Crippen molar-refractivity contribution in [3.63, 3.8) is 0 Å². The van der Waals surface area contributed by atoms with Gasteiger partial charge in [0.25, 0.3) is 0 Å². The van der Waals surface area contributed by atoms with Crippen molar-refractivity contribution in [3.05, 3.63) is 29.7 Å². The molecule has 1 aliphatic rings. The largest absolute Gasteiger partial charge is 0.460 e. The Bertz CT molecular complexity index is 555. The lowest BCUT2D eigenvalue weighted by molar-refractivity contribution is 0.207. The van der Waals surface area contributed by atoms with E-state index in [0.717, 1.165) is 48.7 Å². The molecule has 0 unspecified atom stereocenters. The Morgan fingerprint density at radius 1 is 1.47 bits per heavy atom. The third kappa shape index (κ3) is 2.57.